The summed E-state index contributed by atoms with van der Waals surface area (Å²) in [4.78, 5) is 3.99. The van der Waals surface area contributed by atoms with Crippen LogP contribution in [0.25, 0.3) is 11.1 Å². The monoisotopic (exact) mass is 243 g/mol. The van der Waals surface area contributed by atoms with E-state index >= 15 is 0 Å². The number of hydrogen-bond acceptors (Lipinski definition) is 2. The van der Waals surface area contributed by atoms with Gasteiger partial charge in [-0.05, 0) is 12.1 Å². The second kappa shape index (κ2) is 6.27. The molecule has 4 heteroatoms. The highest BCUT2D eigenvalue weighted by atomic mass is 35.5. The van der Waals surface area contributed by atoms with Crippen LogP contribution in [0.2, 0.25) is 0 Å². The molecule has 0 aliphatic carbocycles. The summed E-state index contributed by atoms with van der Waals surface area (Å²) in [7, 11) is 0. The Bertz CT molecular complexity index is 406. The molecule has 0 saturated carbocycles. The fourth-order valence-electron chi connectivity index (χ4n) is 1.24. The standard InChI is InChI=1S/C11H9NO.2ClH/c13-11-6-2-1-5-10(11)9-4-3-7-12-8-9;;/h1-8,13H;2*1H. The van der Waals surface area contributed by atoms with Gasteiger partial charge in [-0.2, -0.15) is 0 Å². The number of nitrogens with zero attached hydrogens (tertiary/aromatic N) is 1. The quantitative estimate of drug-likeness (QED) is 0.834. The Hall–Kier alpha value is -1.25. The highest BCUT2D eigenvalue weighted by Crippen LogP contribution is 2.27. The number of hydrogen-bond donors (Lipinski definition) is 1. The van der Waals surface area contributed by atoms with Gasteiger partial charge >= 0.3 is 0 Å². The average molecular weight is 244 g/mol. The molecule has 0 amide bonds. The van der Waals surface area contributed by atoms with Gasteiger partial charge in [0.2, 0.25) is 0 Å². The number of aromatic hydroxyl groups is 1. The van der Waals surface area contributed by atoms with Crippen LogP contribution in [0.15, 0.2) is 48.8 Å². The van der Waals surface area contributed by atoms with Crippen LogP contribution in [0.3, 0.4) is 0 Å². The minimum atomic E-state index is 0. The second-order valence-electron chi connectivity index (χ2n) is 2.76. The van der Waals surface area contributed by atoms with E-state index in [0.717, 1.165) is 11.1 Å². The molecule has 0 fully saturated rings. The maximum Gasteiger partial charge on any atom is 0.123 e. The molecule has 15 heavy (non-hydrogen) atoms. The molecule has 1 heterocycles. The van der Waals surface area contributed by atoms with E-state index in [1.54, 1.807) is 24.5 Å². The summed E-state index contributed by atoms with van der Waals surface area (Å²) in [6.45, 7) is 0. The molecule has 0 saturated heterocycles. The molecule has 0 radical (unpaired) electrons. The molecule has 1 N–H and O–H groups in total. The number of phenols is 1. The first-order chi connectivity index (χ1) is 6.38. The van der Waals surface area contributed by atoms with Crippen LogP contribution in [-0.4, -0.2) is 10.1 Å². The van der Waals surface area contributed by atoms with E-state index in [1.165, 1.54) is 0 Å². The predicted molar refractivity (Wildman–Crippen MR) is 65.8 cm³/mol. The van der Waals surface area contributed by atoms with Crippen LogP contribution in [0.5, 0.6) is 5.75 Å². The van der Waals surface area contributed by atoms with Crippen molar-refractivity contribution in [1.29, 1.82) is 0 Å². The number of rotatable bonds is 1. The minimum absolute atomic E-state index is 0. The van der Waals surface area contributed by atoms with E-state index in [0.29, 0.717) is 0 Å². The third-order valence-corrected chi connectivity index (χ3v) is 1.88. The third kappa shape index (κ3) is 3.11. The van der Waals surface area contributed by atoms with Gasteiger partial charge in [0, 0.05) is 23.5 Å². The van der Waals surface area contributed by atoms with E-state index in [9.17, 15) is 5.11 Å². The Morgan fingerprint density at radius 3 is 2.27 bits per heavy atom. The minimum Gasteiger partial charge on any atom is -0.507 e. The number of para-hydroxylation sites is 1. The molecule has 0 bridgehead atoms. The van der Waals surface area contributed by atoms with Crippen molar-refractivity contribution in [3.8, 4) is 16.9 Å². The van der Waals surface area contributed by atoms with Gasteiger partial charge in [0.15, 0.2) is 0 Å². The first kappa shape index (κ1) is 13.8. The van der Waals surface area contributed by atoms with Crippen molar-refractivity contribution in [3.63, 3.8) is 0 Å². The number of halogens is 2. The molecule has 2 aromatic rings. The molecule has 1 aromatic heterocycles. The summed E-state index contributed by atoms with van der Waals surface area (Å²) in [6.07, 6.45) is 3.44. The van der Waals surface area contributed by atoms with Crippen LogP contribution in [0, 0.1) is 0 Å². The lowest BCUT2D eigenvalue weighted by Gasteiger charge is -2.02. The van der Waals surface area contributed by atoms with Crippen LogP contribution < -0.4 is 0 Å². The van der Waals surface area contributed by atoms with Gasteiger partial charge in [-0.3, -0.25) is 4.98 Å². The first-order valence-electron chi connectivity index (χ1n) is 4.06. The van der Waals surface area contributed by atoms with Gasteiger partial charge in [-0.15, -0.1) is 24.8 Å². The van der Waals surface area contributed by atoms with E-state index in [4.69, 9.17) is 0 Å². The lowest BCUT2D eigenvalue weighted by molar-refractivity contribution is 0.477. The Labute approximate surface area is 101 Å². The Kier molecular flexibility index (Phi) is 5.75. The largest absolute Gasteiger partial charge is 0.507 e. The molecule has 1 aromatic carbocycles. The number of phenolic OH excluding ortho intramolecular Hbond substituents is 1. The third-order valence-electron chi connectivity index (χ3n) is 1.88. The van der Waals surface area contributed by atoms with Crippen LogP contribution >= 0.6 is 24.8 Å². The fourth-order valence-corrected chi connectivity index (χ4v) is 1.24. The molecule has 2 rings (SSSR count). The normalized spacial score (nSPS) is 8.53. The lowest BCUT2D eigenvalue weighted by Crippen LogP contribution is -1.79. The number of pyridine rings is 1. The van der Waals surface area contributed by atoms with Gasteiger partial charge in [-0.25, -0.2) is 0 Å². The van der Waals surface area contributed by atoms with E-state index in [2.05, 4.69) is 4.98 Å². The summed E-state index contributed by atoms with van der Waals surface area (Å²) in [6, 6.07) is 11.0. The van der Waals surface area contributed by atoms with Gasteiger partial charge in [0.1, 0.15) is 5.75 Å². The molecule has 0 aliphatic heterocycles. The zero-order valence-corrected chi connectivity index (χ0v) is 9.46. The summed E-state index contributed by atoms with van der Waals surface area (Å²) < 4.78 is 0. The van der Waals surface area contributed by atoms with Gasteiger partial charge in [-0.1, -0.05) is 24.3 Å². The van der Waals surface area contributed by atoms with Crippen LogP contribution in [0.4, 0.5) is 0 Å². The average Bonchev–Trinajstić information content (AvgIpc) is 2.20. The zero-order chi connectivity index (χ0) is 9.10. The molecule has 2 nitrogen and oxygen atoms in total. The topological polar surface area (TPSA) is 33.1 Å². The molecule has 0 unspecified atom stereocenters. The summed E-state index contributed by atoms with van der Waals surface area (Å²) >= 11 is 0. The van der Waals surface area contributed by atoms with Crippen molar-refractivity contribution in [2.45, 2.75) is 0 Å². The van der Waals surface area contributed by atoms with Gasteiger partial charge < -0.3 is 5.11 Å². The maximum atomic E-state index is 9.54. The van der Waals surface area contributed by atoms with Crippen molar-refractivity contribution >= 4 is 24.8 Å². The summed E-state index contributed by atoms with van der Waals surface area (Å²) in [5.41, 5.74) is 1.75. The van der Waals surface area contributed by atoms with E-state index < -0.39 is 0 Å². The van der Waals surface area contributed by atoms with Gasteiger partial charge in [0.25, 0.3) is 0 Å². The summed E-state index contributed by atoms with van der Waals surface area (Å²) in [5.74, 6) is 0.288. The lowest BCUT2D eigenvalue weighted by atomic mass is 10.1. The molecule has 0 aliphatic rings. The van der Waals surface area contributed by atoms with Crippen LogP contribution in [-0.2, 0) is 0 Å². The van der Waals surface area contributed by atoms with Gasteiger partial charge in [0.05, 0.1) is 0 Å². The number of aromatic nitrogens is 1. The smallest absolute Gasteiger partial charge is 0.123 e. The predicted octanol–water partition coefficient (Wildman–Crippen LogP) is 3.30. The van der Waals surface area contributed by atoms with Crippen molar-refractivity contribution in [3.05, 3.63) is 48.8 Å². The maximum absolute atomic E-state index is 9.54. The molecule has 0 spiro atoms. The second-order valence-corrected chi connectivity index (χ2v) is 2.76. The number of benzene rings is 1. The van der Waals surface area contributed by atoms with Crippen molar-refractivity contribution in [1.82, 2.24) is 4.98 Å². The first-order valence-corrected chi connectivity index (χ1v) is 4.06. The molecule has 0 atom stereocenters. The SMILES string of the molecule is Cl.Cl.Oc1ccccc1-c1cccnc1. The molecular weight excluding hydrogens is 233 g/mol. The Balaban J connectivity index is 0.000000980. The molecule has 80 valence electrons. The Morgan fingerprint density at radius 1 is 0.933 bits per heavy atom. The zero-order valence-electron chi connectivity index (χ0n) is 7.83. The highest BCUT2D eigenvalue weighted by Gasteiger charge is 2.00. The van der Waals surface area contributed by atoms with Crippen molar-refractivity contribution in [2.75, 3.05) is 0 Å². The van der Waals surface area contributed by atoms with Crippen molar-refractivity contribution in [2.24, 2.45) is 0 Å². The summed E-state index contributed by atoms with van der Waals surface area (Å²) in [5, 5.41) is 9.54. The van der Waals surface area contributed by atoms with Crippen LogP contribution in [0.1, 0.15) is 0 Å². The van der Waals surface area contributed by atoms with Crippen molar-refractivity contribution < 1.29 is 5.11 Å². The highest BCUT2D eigenvalue weighted by molar-refractivity contribution is 5.85. The van der Waals surface area contributed by atoms with E-state index in [1.807, 2.05) is 24.3 Å². The fraction of sp³-hybridized carbons (Fsp3) is 0. The van der Waals surface area contributed by atoms with E-state index in [-0.39, 0.29) is 30.6 Å². The molecular formula is C11H11Cl2NO. The Morgan fingerprint density at radius 2 is 1.67 bits per heavy atom.